The van der Waals surface area contributed by atoms with Crippen LogP contribution in [0.3, 0.4) is 0 Å². The largest absolute Gasteiger partial charge is 0.466 e. The number of cyclic esters (lactones) is 1. The third-order valence-corrected chi connectivity index (χ3v) is 6.62. The molecular weight excluding hydrogens is 304 g/mol. The highest BCUT2D eigenvalue weighted by Gasteiger charge is 2.51. The van der Waals surface area contributed by atoms with Gasteiger partial charge in [-0.05, 0) is 44.9 Å². The first-order valence-corrected chi connectivity index (χ1v) is 9.80. The second kappa shape index (κ2) is 7.15. The molecule has 0 N–H and O–H groups in total. The quantitative estimate of drug-likeness (QED) is 0.491. The van der Waals surface area contributed by atoms with Crippen LogP contribution in [0, 0.1) is 11.3 Å². The van der Waals surface area contributed by atoms with Gasteiger partial charge >= 0.3 is 5.97 Å². The van der Waals surface area contributed by atoms with E-state index in [1.165, 1.54) is 6.42 Å². The molecule has 1 saturated carbocycles. The Morgan fingerprint density at radius 1 is 0.958 bits per heavy atom. The third kappa shape index (κ3) is 4.01. The van der Waals surface area contributed by atoms with E-state index < -0.39 is 0 Å². The van der Waals surface area contributed by atoms with E-state index in [1.807, 2.05) is 0 Å². The molecule has 3 aliphatic rings. The number of carbonyl (C=O) groups excluding carboxylic acids is 2. The molecule has 136 valence electrons. The maximum atomic E-state index is 12.7. The molecule has 3 atom stereocenters. The molecule has 4 nitrogen and oxygen atoms in total. The predicted octanol–water partition coefficient (Wildman–Crippen LogP) is 4.20. The lowest BCUT2D eigenvalue weighted by atomic mass is 9.62. The van der Waals surface area contributed by atoms with Crippen LogP contribution in [0.4, 0.5) is 0 Å². The smallest absolute Gasteiger partial charge is 0.305 e. The number of epoxide rings is 1. The Bertz CT molecular complexity index is 482. The maximum Gasteiger partial charge on any atom is 0.305 e. The standard InChI is InChI=1S/C20H32O4/c1-15-5-3-10-19(2)17(24-19)9-14-23-18(22)8-13-20(11-4-12-20)16(21)7-6-15/h15,17H,3-14H2,1-2H3. The summed E-state index contributed by atoms with van der Waals surface area (Å²) in [7, 11) is 0. The SMILES string of the molecule is CC1CCCC2(C)OC2CCOC(=O)CCC2(CCC2)C(=O)CC1. The third-order valence-electron chi connectivity index (χ3n) is 6.62. The highest BCUT2D eigenvalue weighted by molar-refractivity contribution is 5.86. The number of esters is 1. The van der Waals surface area contributed by atoms with Gasteiger partial charge in [-0.25, -0.2) is 0 Å². The van der Waals surface area contributed by atoms with Gasteiger partial charge in [0.15, 0.2) is 0 Å². The fourth-order valence-corrected chi connectivity index (χ4v) is 4.43. The Kier molecular flexibility index (Phi) is 5.33. The lowest BCUT2D eigenvalue weighted by molar-refractivity contribution is -0.146. The van der Waals surface area contributed by atoms with Gasteiger partial charge in [0, 0.05) is 24.7 Å². The van der Waals surface area contributed by atoms with E-state index in [2.05, 4.69) is 13.8 Å². The fourth-order valence-electron chi connectivity index (χ4n) is 4.43. The van der Waals surface area contributed by atoms with E-state index in [0.717, 1.165) is 44.9 Å². The molecular formula is C20H32O4. The number of carbonyl (C=O) groups is 2. The zero-order valence-corrected chi connectivity index (χ0v) is 15.3. The number of ketones is 1. The summed E-state index contributed by atoms with van der Waals surface area (Å²) < 4.78 is 11.2. The molecule has 0 radical (unpaired) electrons. The van der Waals surface area contributed by atoms with Crippen molar-refractivity contribution in [3.8, 4) is 0 Å². The van der Waals surface area contributed by atoms with Gasteiger partial charge in [-0.2, -0.15) is 0 Å². The van der Waals surface area contributed by atoms with Crippen LogP contribution in [0.5, 0.6) is 0 Å². The minimum absolute atomic E-state index is 0.0188. The van der Waals surface area contributed by atoms with E-state index in [0.29, 0.717) is 37.6 Å². The Hall–Kier alpha value is -0.900. The monoisotopic (exact) mass is 336 g/mol. The minimum atomic E-state index is -0.214. The van der Waals surface area contributed by atoms with Crippen molar-refractivity contribution in [2.45, 2.75) is 96.2 Å². The summed E-state index contributed by atoms with van der Waals surface area (Å²) in [5.41, 5.74) is -0.233. The van der Waals surface area contributed by atoms with Crippen LogP contribution in [0.25, 0.3) is 0 Å². The Morgan fingerprint density at radius 2 is 1.75 bits per heavy atom. The summed E-state index contributed by atoms with van der Waals surface area (Å²) in [5.74, 6) is 0.819. The molecule has 0 amide bonds. The second-order valence-electron chi connectivity index (χ2n) is 8.52. The van der Waals surface area contributed by atoms with Gasteiger partial charge in [-0.1, -0.05) is 26.2 Å². The minimum Gasteiger partial charge on any atom is -0.466 e. The van der Waals surface area contributed by atoms with Crippen LogP contribution in [0.15, 0.2) is 0 Å². The molecule has 4 heteroatoms. The van der Waals surface area contributed by atoms with Gasteiger partial charge in [0.2, 0.25) is 0 Å². The van der Waals surface area contributed by atoms with Gasteiger partial charge in [-0.15, -0.1) is 0 Å². The number of ether oxygens (including phenoxy) is 2. The van der Waals surface area contributed by atoms with Crippen molar-refractivity contribution >= 4 is 11.8 Å². The van der Waals surface area contributed by atoms with E-state index in [9.17, 15) is 9.59 Å². The fraction of sp³-hybridized carbons (Fsp3) is 0.900. The molecule has 24 heavy (non-hydrogen) atoms. The molecule has 3 rings (SSSR count). The lowest BCUT2D eigenvalue weighted by Gasteiger charge is -2.40. The van der Waals surface area contributed by atoms with E-state index >= 15 is 0 Å². The number of rotatable bonds is 0. The topological polar surface area (TPSA) is 55.9 Å². The average molecular weight is 336 g/mol. The molecule has 0 aromatic heterocycles. The first-order chi connectivity index (χ1) is 11.4. The highest BCUT2D eigenvalue weighted by Crippen LogP contribution is 2.47. The van der Waals surface area contributed by atoms with Gasteiger partial charge in [-0.3, -0.25) is 9.59 Å². The number of hydrogen-bond acceptors (Lipinski definition) is 4. The van der Waals surface area contributed by atoms with Crippen molar-refractivity contribution in [3.05, 3.63) is 0 Å². The Morgan fingerprint density at radius 3 is 2.46 bits per heavy atom. The van der Waals surface area contributed by atoms with Crippen LogP contribution in [-0.2, 0) is 19.1 Å². The van der Waals surface area contributed by atoms with Crippen molar-refractivity contribution in [2.75, 3.05) is 6.61 Å². The molecule has 1 spiro atoms. The number of fused-ring (bicyclic) bond motifs is 1. The first-order valence-electron chi connectivity index (χ1n) is 9.80. The number of Topliss-reactive ketones (excluding diaryl/α,β-unsaturated/α-hetero) is 1. The Balaban J connectivity index is 1.58. The number of hydrogen-bond donors (Lipinski definition) is 0. The summed E-state index contributed by atoms with van der Waals surface area (Å²) >= 11 is 0. The molecule has 2 heterocycles. The molecule has 3 fully saturated rings. The maximum absolute atomic E-state index is 12.7. The van der Waals surface area contributed by atoms with Crippen molar-refractivity contribution < 1.29 is 19.1 Å². The molecule has 0 bridgehead atoms. The highest BCUT2D eigenvalue weighted by atomic mass is 16.6. The van der Waals surface area contributed by atoms with E-state index in [-0.39, 0.29) is 23.1 Å². The summed E-state index contributed by atoms with van der Waals surface area (Å²) in [6.07, 6.45) is 10.2. The van der Waals surface area contributed by atoms with Gasteiger partial charge < -0.3 is 9.47 Å². The normalized spacial score (nSPS) is 38.1. The van der Waals surface area contributed by atoms with Crippen LogP contribution in [-0.4, -0.2) is 30.1 Å². The molecule has 1 aliphatic carbocycles. The van der Waals surface area contributed by atoms with Crippen molar-refractivity contribution in [2.24, 2.45) is 11.3 Å². The molecule has 3 unspecified atom stereocenters. The predicted molar refractivity (Wildman–Crippen MR) is 91.6 cm³/mol. The molecule has 0 aromatic carbocycles. The zero-order valence-electron chi connectivity index (χ0n) is 15.3. The van der Waals surface area contributed by atoms with Crippen LogP contribution in [0.2, 0.25) is 0 Å². The van der Waals surface area contributed by atoms with Crippen molar-refractivity contribution in [1.82, 2.24) is 0 Å². The van der Waals surface area contributed by atoms with E-state index in [1.54, 1.807) is 0 Å². The summed E-state index contributed by atoms with van der Waals surface area (Å²) in [5, 5.41) is 0. The molecule has 0 aromatic rings. The molecule has 2 saturated heterocycles. The van der Waals surface area contributed by atoms with Gasteiger partial charge in [0.05, 0.1) is 18.3 Å². The summed E-state index contributed by atoms with van der Waals surface area (Å²) in [4.78, 5) is 24.7. The lowest BCUT2D eigenvalue weighted by Crippen LogP contribution is -2.38. The summed E-state index contributed by atoms with van der Waals surface area (Å²) in [6, 6.07) is 0. The van der Waals surface area contributed by atoms with Crippen LogP contribution >= 0.6 is 0 Å². The van der Waals surface area contributed by atoms with E-state index in [4.69, 9.17) is 9.47 Å². The van der Waals surface area contributed by atoms with Crippen molar-refractivity contribution in [3.63, 3.8) is 0 Å². The second-order valence-corrected chi connectivity index (χ2v) is 8.52. The zero-order chi connectivity index (χ0) is 17.2. The summed E-state index contributed by atoms with van der Waals surface area (Å²) in [6.45, 7) is 4.86. The molecule has 2 aliphatic heterocycles. The van der Waals surface area contributed by atoms with Gasteiger partial charge in [0.1, 0.15) is 5.78 Å². The Labute approximate surface area is 145 Å². The van der Waals surface area contributed by atoms with Crippen LogP contribution in [0.1, 0.15) is 84.5 Å². The average Bonchev–Trinajstić information content (AvgIpc) is 3.13. The van der Waals surface area contributed by atoms with Crippen LogP contribution < -0.4 is 0 Å². The van der Waals surface area contributed by atoms with Crippen molar-refractivity contribution in [1.29, 1.82) is 0 Å². The van der Waals surface area contributed by atoms with Gasteiger partial charge in [0.25, 0.3) is 0 Å². The first kappa shape index (κ1) is 17.9.